The van der Waals surface area contributed by atoms with Crippen molar-refractivity contribution in [2.75, 3.05) is 19.5 Å². The Morgan fingerprint density at radius 1 is 1.50 bits per heavy atom. The number of benzene rings is 1. The van der Waals surface area contributed by atoms with Gasteiger partial charge in [0.2, 0.25) is 0 Å². The van der Waals surface area contributed by atoms with Gasteiger partial charge in [-0.05, 0) is 13.0 Å². The average Bonchev–Trinajstić information content (AvgIpc) is 2.47. The first-order valence-corrected chi connectivity index (χ1v) is 6.47. The Labute approximate surface area is 132 Å². The highest BCUT2D eigenvalue weighted by atomic mass is 35.5. The molecule has 8 heteroatoms. The highest BCUT2D eigenvalue weighted by molar-refractivity contribution is 6.33. The predicted octanol–water partition coefficient (Wildman–Crippen LogP) is 1.84. The molecule has 0 fully saturated rings. The van der Waals surface area contributed by atoms with Crippen molar-refractivity contribution in [3.63, 3.8) is 0 Å². The van der Waals surface area contributed by atoms with Crippen molar-refractivity contribution >= 4 is 34.8 Å². The molecule has 0 aliphatic carbocycles. The highest BCUT2D eigenvalue weighted by Gasteiger charge is 2.23. The molecule has 0 heterocycles. The normalized spacial score (nSPS) is 11.2. The van der Waals surface area contributed by atoms with Crippen LogP contribution in [0, 0.1) is 22.7 Å². The largest absolute Gasteiger partial charge is 0.496 e. The van der Waals surface area contributed by atoms with Gasteiger partial charge in [-0.1, -0.05) is 11.6 Å². The second-order valence-electron chi connectivity index (χ2n) is 4.36. The van der Waals surface area contributed by atoms with Crippen LogP contribution in [0.25, 0.3) is 0 Å². The van der Waals surface area contributed by atoms with E-state index < -0.39 is 24.3 Å². The minimum Gasteiger partial charge on any atom is -0.496 e. The molecular weight excluding hydrogens is 310 g/mol. The Morgan fingerprint density at radius 2 is 2.14 bits per heavy atom. The van der Waals surface area contributed by atoms with Gasteiger partial charge in [-0.15, -0.1) is 0 Å². The smallest absolute Gasteiger partial charge is 0.342 e. The molecule has 1 aromatic carbocycles. The Bertz CT molecular complexity index is 667. The molecule has 116 valence electrons. The molecule has 1 unspecified atom stereocenters. The molecule has 0 aliphatic rings. The van der Waals surface area contributed by atoms with Gasteiger partial charge in [-0.25, -0.2) is 4.79 Å². The first-order chi connectivity index (χ1) is 10.3. The average molecular weight is 324 g/mol. The lowest BCUT2D eigenvalue weighted by molar-refractivity contribution is -0.122. The molecule has 1 rings (SSSR count). The molecule has 0 saturated carbocycles. The van der Waals surface area contributed by atoms with Crippen LogP contribution in [-0.4, -0.2) is 31.2 Å². The molecule has 0 saturated heterocycles. The van der Waals surface area contributed by atoms with Crippen LogP contribution in [0.3, 0.4) is 0 Å². The van der Waals surface area contributed by atoms with Crippen molar-refractivity contribution in [3.05, 3.63) is 22.7 Å². The van der Waals surface area contributed by atoms with Crippen LogP contribution in [0.2, 0.25) is 5.02 Å². The molecule has 0 aromatic heterocycles. The number of hydrogen-bond acceptors (Lipinski definition) is 7. The molecule has 7 nitrogen and oxygen atoms in total. The van der Waals surface area contributed by atoms with Crippen LogP contribution in [-0.2, 0) is 9.53 Å². The summed E-state index contributed by atoms with van der Waals surface area (Å²) in [6.45, 7) is 0.703. The van der Waals surface area contributed by atoms with Crippen LogP contribution in [0.4, 0.5) is 5.69 Å². The summed E-state index contributed by atoms with van der Waals surface area (Å²) in [4.78, 5) is 23.7. The lowest BCUT2D eigenvalue weighted by atomic mass is 10.0. The molecule has 0 radical (unpaired) electrons. The quantitative estimate of drug-likeness (QED) is 0.467. The van der Waals surface area contributed by atoms with Crippen molar-refractivity contribution in [2.45, 2.75) is 6.92 Å². The lowest BCUT2D eigenvalue weighted by Gasteiger charge is -2.11. The molecule has 22 heavy (non-hydrogen) atoms. The summed E-state index contributed by atoms with van der Waals surface area (Å²) in [6, 6.07) is 4.31. The van der Waals surface area contributed by atoms with E-state index in [-0.39, 0.29) is 27.7 Å². The second-order valence-corrected chi connectivity index (χ2v) is 4.77. The number of esters is 1. The third-order valence-electron chi connectivity index (χ3n) is 2.77. The standard InChI is InChI=1S/C14H14ClN3O4/c1-7(17)9(5-16)12(19)6-22-14(20)8-3-10(15)11(18)4-13(8)21-2/h3-4,9,17H,6,18H2,1-2H3. The summed E-state index contributed by atoms with van der Waals surface area (Å²) in [5.41, 5.74) is 5.73. The number of ether oxygens (including phenoxy) is 2. The van der Waals surface area contributed by atoms with Crippen molar-refractivity contribution < 1.29 is 19.1 Å². The lowest BCUT2D eigenvalue weighted by Crippen LogP contribution is -2.25. The number of ketones is 1. The topological polar surface area (TPSA) is 126 Å². The molecular formula is C14H14ClN3O4. The van der Waals surface area contributed by atoms with Crippen molar-refractivity contribution in [3.8, 4) is 11.8 Å². The summed E-state index contributed by atoms with van der Waals surface area (Å²) in [7, 11) is 1.34. The van der Waals surface area contributed by atoms with E-state index >= 15 is 0 Å². The monoisotopic (exact) mass is 323 g/mol. The molecule has 0 spiro atoms. The third kappa shape index (κ3) is 3.96. The van der Waals surface area contributed by atoms with E-state index in [0.717, 1.165) is 0 Å². The summed E-state index contributed by atoms with van der Waals surface area (Å²) in [5, 5.41) is 16.2. The van der Waals surface area contributed by atoms with E-state index in [2.05, 4.69) is 0 Å². The number of nitrogens with one attached hydrogen (secondary N) is 1. The van der Waals surface area contributed by atoms with Crippen molar-refractivity contribution in [1.29, 1.82) is 10.7 Å². The van der Waals surface area contributed by atoms with Gasteiger partial charge in [0.05, 0.1) is 23.9 Å². The van der Waals surface area contributed by atoms with Gasteiger partial charge >= 0.3 is 5.97 Å². The number of hydrogen-bond donors (Lipinski definition) is 2. The maximum Gasteiger partial charge on any atom is 0.342 e. The Kier molecular flexibility index (Phi) is 5.90. The van der Waals surface area contributed by atoms with Crippen LogP contribution in [0.15, 0.2) is 12.1 Å². The second kappa shape index (κ2) is 7.43. The zero-order valence-electron chi connectivity index (χ0n) is 12.0. The minimum absolute atomic E-state index is 0.00887. The fraction of sp³-hybridized carbons (Fsp3) is 0.286. The van der Waals surface area contributed by atoms with Crippen LogP contribution < -0.4 is 10.5 Å². The Hall–Kier alpha value is -2.59. The fourth-order valence-corrected chi connectivity index (χ4v) is 1.77. The number of nitriles is 1. The van der Waals surface area contributed by atoms with Gasteiger partial charge in [0.1, 0.15) is 17.2 Å². The molecule has 3 N–H and O–H groups in total. The zero-order chi connectivity index (χ0) is 16.9. The van der Waals surface area contributed by atoms with Gasteiger partial charge in [-0.3, -0.25) is 4.79 Å². The molecule has 1 aromatic rings. The van der Waals surface area contributed by atoms with Gasteiger partial charge in [-0.2, -0.15) is 5.26 Å². The van der Waals surface area contributed by atoms with Crippen molar-refractivity contribution in [2.24, 2.45) is 5.92 Å². The number of methoxy groups -OCH3 is 1. The number of halogens is 1. The number of nitrogen functional groups attached to an aromatic ring is 1. The highest BCUT2D eigenvalue weighted by Crippen LogP contribution is 2.29. The van der Waals surface area contributed by atoms with Crippen LogP contribution in [0.5, 0.6) is 5.75 Å². The summed E-state index contributed by atoms with van der Waals surface area (Å²) in [6.07, 6.45) is 0. The number of anilines is 1. The van der Waals surface area contributed by atoms with E-state index in [1.165, 1.54) is 26.2 Å². The number of carbonyl (C=O) groups is 2. The first kappa shape index (κ1) is 17.5. The Morgan fingerprint density at radius 3 is 2.64 bits per heavy atom. The third-order valence-corrected chi connectivity index (χ3v) is 3.10. The van der Waals surface area contributed by atoms with E-state index in [1.807, 2.05) is 0 Å². The Balaban J connectivity index is 2.87. The predicted molar refractivity (Wildman–Crippen MR) is 80.2 cm³/mol. The minimum atomic E-state index is -1.23. The van der Waals surface area contributed by atoms with E-state index in [9.17, 15) is 9.59 Å². The van der Waals surface area contributed by atoms with Crippen molar-refractivity contribution in [1.82, 2.24) is 0 Å². The molecule has 0 bridgehead atoms. The summed E-state index contributed by atoms with van der Waals surface area (Å²) in [5.74, 6) is -2.60. The van der Waals surface area contributed by atoms with Crippen LogP contribution >= 0.6 is 11.6 Å². The van der Waals surface area contributed by atoms with E-state index in [0.29, 0.717) is 0 Å². The zero-order valence-corrected chi connectivity index (χ0v) is 12.7. The molecule has 0 amide bonds. The van der Waals surface area contributed by atoms with Gasteiger partial charge < -0.3 is 20.6 Å². The number of nitrogens with zero attached hydrogens (tertiary/aromatic N) is 1. The van der Waals surface area contributed by atoms with Crippen LogP contribution in [0.1, 0.15) is 17.3 Å². The van der Waals surface area contributed by atoms with Gasteiger partial charge in [0, 0.05) is 11.8 Å². The fourth-order valence-electron chi connectivity index (χ4n) is 1.61. The number of Topliss-reactive ketones (excluding diaryl/α,β-unsaturated/α-hetero) is 1. The first-order valence-electron chi connectivity index (χ1n) is 6.09. The maximum atomic E-state index is 12.0. The molecule has 1 atom stereocenters. The number of rotatable bonds is 6. The van der Waals surface area contributed by atoms with E-state index in [1.54, 1.807) is 6.07 Å². The van der Waals surface area contributed by atoms with Gasteiger partial charge in [0.15, 0.2) is 12.4 Å². The molecule has 0 aliphatic heterocycles. The number of carbonyl (C=O) groups excluding carboxylic acids is 2. The van der Waals surface area contributed by atoms with Gasteiger partial charge in [0.25, 0.3) is 0 Å². The maximum absolute atomic E-state index is 12.0. The number of nitrogens with two attached hydrogens (primary N) is 1. The van der Waals surface area contributed by atoms with E-state index in [4.69, 9.17) is 37.5 Å². The summed E-state index contributed by atoms with van der Waals surface area (Å²) < 4.78 is 9.85. The SMILES string of the molecule is COc1cc(N)c(Cl)cc1C(=O)OCC(=O)C(C#N)C(C)=N. The summed E-state index contributed by atoms with van der Waals surface area (Å²) >= 11 is 5.84.